The Balaban J connectivity index is 1.27. The van der Waals surface area contributed by atoms with Crippen LogP contribution in [0.25, 0.3) is 100 Å². The summed E-state index contributed by atoms with van der Waals surface area (Å²) in [6.45, 7) is 0. The second-order valence-electron chi connectivity index (χ2n) is 12.9. The van der Waals surface area contributed by atoms with E-state index < -0.39 is 0 Å². The fourth-order valence-corrected chi connectivity index (χ4v) is 7.96. The number of para-hydroxylation sites is 4. The van der Waals surface area contributed by atoms with Crippen molar-refractivity contribution in [1.29, 1.82) is 0 Å². The lowest BCUT2D eigenvalue weighted by Gasteiger charge is -2.14. The standard InChI is InChI=1S/C45H27N5/c1-3-14-28(15-4-1)43-46-44(29-16-5-2-6-17-29)48-45(47-43)50-40-25-12-9-20-32(40)37-26-35-34-22-13-21-33-30-18-7-10-23-38(30)49(42(33)34)39-24-11-8-19-31(39)36(35)27-41(37)50/h1-27H. The molecule has 0 unspecified atom stereocenters. The molecule has 0 N–H and O–H groups in total. The Morgan fingerprint density at radius 1 is 0.340 bits per heavy atom. The van der Waals surface area contributed by atoms with E-state index in [0.29, 0.717) is 17.6 Å². The van der Waals surface area contributed by atoms with Crippen molar-refractivity contribution in [3.63, 3.8) is 0 Å². The van der Waals surface area contributed by atoms with Gasteiger partial charge in [0.25, 0.3) is 0 Å². The summed E-state index contributed by atoms with van der Waals surface area (Å²) in [5, 5.41) is 4.83. The van der Waals surface area contributed by atoms with Crippen LogP contribution in [0, 0.1) is 0 Å². The predicted octanol–water partition coefficient (Wildman–Crippen LogP) is 11.0. The molecule has 0 fully saturated rings. The molecule has 5 nitrogen and oxygen atoms in total. The Hall–Kier alpha value is -6.85. The molecule has 11 rings (SSSR count). The smallest absolute Gasteiger partial charge is 0.238 e. The van der Waals surface area contributed by atoms with Crippen LogP contribution < -0.4 is 0 Å². The van der Waals surface area contributed by atoms with Gasteiger partial charge < -0.3 is 4.57 Å². The topological polar surface area (TPSA) is 48.5 Å². The number of benzene rings is 7. The van der Waals surface area contributed by atoms with Crippen molar-refractivity contribution in [2.24, 2.45) is 0 Å². The lowest BCUT2D eigenvalue weighted by atomic mass is 9.92. The van der Waals surface area contributed by atoms with Crippen LogP contribution in [-0.2, 0) is 0 Å². The molecule has 1 aliphatic rings. The molecule has 0 spiro atoms. The van der Waals surface area contributed by atoms with Gasteiger partial charge in [-0.3, -0.25) is 4.57 Å². The van der Waals surface area contributed by atoms with Gasteiger partial charge >= 0.3 is 0 Å². The monoisotopic (exact) mass is 637 g/mol. The van der Waals surface area contributed by atoms with Crippen molar-refractivity contribution in [2.75, 3.05) is 0 Å². The largest absolute Gasteiger partial charge is 0.308 e. The molecule has 0 saturated carbocycles. The summed E-state index contributed by atoms with van der Waals surface area (Å²) in [5.41, 5.74) is 12.4. The molecule has 3 aromatic heterocycles. The van der Waals surface area contributed by atoms with Crippen LogP contribution in [0.4, 0.5) is 0 Å². The SMILES string of the molecule is c1ccc(-c2nc(-c3ccccc3)nc(-n3c4ccccc4c4cc5c(cc43)-c3ccccc3-n3c4ccccc4c4cccc-5c43)n2)cc1. The first kappa shape index (κ1) is 27.1. The van der Waals surface area contributed by atoms with Crippen LogP contribution in [-0.4, -0.2) is 24.1 Å². The lowest BCUT2D eigenvalue weighted by Crippen LogP contribution is -2.06. The third kappa shape index (κ3) is 3.80. The number of nitrogens with zero attached hydrogens (tertiary/aromatic N) is 5. The summed E-state index contributed by atoms with van der Waals surface area (Å²) >= 11 is 0. The minimum atomic E-state index is 0.588. The van der Waals surface area contributed by atoms with E-state index in [1.807, 2.05) is 36.4 Å². The molecule has 10 aromatic rings. The second kappa shape index (κ2) is 10.3. The van der Waals surface area contributed by atoms with Gasteiger partial charge in [0, 0.05) is 43.8 Å². The minimum Gasteiger partial charge on any atom is -0.308 e. The highest BCUT2D eigenvalue weighted by Gasteiger charge is 2.26. The average molecular weight is 638 g/mol. The highest BCUT2D eigenvalue weighted by molar-refractivity contribution is 6.19. The van der Waals surface area contributed by atoms with Gasteiger partial charge in [-0.05, 0) is 41.5 Å². The molecular weight excluding hydrogens is 611 g/mol. The second-order valence-corrected chi connectivity index (χ2v) is 12.9. The van der Waals surface area contributed by atoms with Gasteiger partial charge in [0.05, 0.1) is 27.8 Å². The molecule has 232 valence electrons. The van der Waals surface area contributed by atoms with Crippen LogP contribution in [0.5, 0.6) is 0 Å². The predicted molar refractivity (Wildman–Crippen MR) is 204 cm³/mol. The maximum absolute atomic E-state index is 5.17. The molecule has 0 aliphatic carbocycles. The highest BCUT2D eigenvalue weighted by atomic mass is 15.2. The number of aromatic nitrogens is 5. The average Bonchev–Trinajstić information content (AvgIpc) is 3.66. The zero-order valence-corrected chi connectivity index (χ0v) is 26.8. The number of fused-ring (bicyclic) bond motifs is 11. The quantitative estimate of drug-likeness (QED) is 0.194. The fourth-order valence-electron chi connectivity index (χ4n) is 7.96. The van der Waals surface area contributed by atoms with E-state index in [-0.39, 0.29) is 0 Å². The van der Waals surface area contributed by atoms with Crippen molar-refractivity contribution < 1.29 is 0 Å². The van der Waals surface area contributed by atoms with Crippen molar-refractivity contribution in [3.8, 4) is 56.7 Å². The van der Waals surface area contributed by atoms with E-state index in [4.69, 9.17) is 15.0 Å². The number of rotatable bonds is 3. The van der Waals surface area contributed by atoms with Crippen LogP contribution in [0.2, 0.25) is 0 Å². The zero-order valence-electron chi connectivity index (χ0n) is 26.8. The van der Waals surface area contributed by atoms with Crippen LogP contribution >= 0.6 is 0 Å². The minimum absolute atomic E-state index is 0.588. The molecule has 4 heterocycles. The molecule has 7 aromatic carbocycles. The Morgan fingerprint density at radius 2 is 0.880 bits per heavy atom. The summed E-state index contributed by atoms with van der Waals surface area (Å²) < 4.78 is 4.67. The maximum Gasteiger partial charge on any atom is 0.238 e. The first-order chi connectivity index (χ1) is 24.8. The third-order valence-corrected chi connectivity index (χ3v) is 10.1. The highest BCUT2D eigenvalue weighted by Crippen LogP contribution is 2.48. The normalized spacial score (nSPS) is 12.0. The molecule has 5 heteroatoms. The fraction of sp³-hybridized carbons (Fsp3) is 0. The molecule has 50 heavy (non-hydrogen) atoms. The molecule has 0 radical (unpaired) electrons. The third-order valence-electron chi connectivity index (χ3n) is 10.1. The van der Waals surface area contributed by atoms with Crippen LogP contribution in [0.1, 0.15) is 0 Å². The summed E-state index contributed by atoms with van der Waals surface area (Å²) in [6.07, 6.45) is 0. The van der Waals surface area contributed by atoms with E-state index in [2.05, 4.69) is 137 Å². The Morgan fingerprint density at radius 3 is 1.60 bits per heavy atom. The van der Waals surface area contributed by atoms with Crippen LogP contribution in [0.3, 0.4) is 0 Å². The Bertz CT molecular complexity index is 2920. The zero-order chi connectivity index (χ0) is 32.8. The molecular formula is C45H27N5. The first-order valence-corrected chi connectivity index (χ1v) is 16.9. The van der Waals surface area contributed by atoms with Gasteiger partial charge in [-0.25, -0.2) is 4.98 Å². The molecule has 0 saturated heterocycles. The number of hydrogen-bond donors (Lipinski definition) is 0. The van der Waals surface area contributed by atoms with Gasteiger partial charge in [-0.2, -0.15) is 9.97 Å². The van der Waals surface area contributed by atoms with E-state index in [9.17, 15) is 0 Å². The van der Waals surface area contributed by atoms with E-state index >= 15 is 0 Å². The van der Waals surface area contributed by atoms with Gasteiger partial charge in [0.2, 0.25) is 5.95 Å². The van der Waals surface area contributed by atoms with Crippen molar-refractivity contribution in [2.45, 2.75) is 0 Å². The molecule has 1 aliphatic heterocycles. The van der Waals surface area contributed by atoms with Gasteiger partial charge in [0.1, 0.15) is 0 Å². The molecule has 0 bridgehead atoms. The van der Waals surface area contributed by atoms with Crippen molar-refractivity contribution >= 4 is 43.6 Å². The maximum atomic E-state index is 5.17. The van der Waals surface area contributed by atoms with Crippen molar-refractivity contribution in [3.05, 3.63) is 164 Å². The first-order valence-electron chi connectivity index (χ1n) is 16.9. The van der Waals surface area contributed by atoms with E-state index in [0.717, 1.165) is 32.9 Å². The van der Waals surface area contributed by atoms with Crippen LogP contribution in [0.15, 0.2) is 164 Å². The van der Waals surface area contributed by atoms with Gasteiger partial charge in [-0.1, -0.05) is 133 Å². The summed E-state index contributed by atoms with van der Waals surface area (Å²) in [6, 6.07) is 57.9. The van der Waals surface area contributed by atoms with E-state index in [1.165, 1.54) is 49.7 Å². The van der Waals surface area contributed by atoms with E-state index in [1.54, 1.807) is 0 Å². The van der Waals surface area contributed by atoms with Gasteiger partial charge in [-0.15, -0.1) is 0 Å². The molecule has 0 atom stereocenters. The summed E-state index contributed by atoms with van der Waals surface area (Å²) in [4.78, 5) is 15.3. The summed E-state index contributed by atoms with van der Waals surface area (Å²) in [5.74, 6) is 1.86. The lowest BCUT2D eigenvalue weighted by molar-refractivity contribution is 0.953. The number of hydrogen-bond acceptors (Lipinski definition) is 3. The Kier molecular flexibility index (Phi) is 5.60. The van der Waals surface area contributed by atoms with Crippen molar-refractivity contribution in [1.82, 2.24) is 24.1 Å². The molecule has 0 amide bonds. The Labute approximate surface area is 287 Å². The summed E-state index contributed by atoms with van der Waals surface area (Å²) in [7, 11) is 0. The van der Waals surface area contributed by atoms with Gasteiger partial charge in [0.15, 0.2) is 11.6 Å².